The Morgan fingerprint density at radius 3 is 2.51 bits per heavy atom. The molecule has 2 saturated heterocycles. The van der Waals surface area contributed by atoms with E-state index in [0.29, 0.717) is 27.2 Å². The Labute approximate surface area is 235 Å². The lowest BCUT2D eigenvalue weighted by Gasteiger charge is -2.30. The zero-order chi connectivity index (χ0) is 26.9. The predicted octanol–water partition coefficient (Wildman–Crippen LogP) is 5.71. The van der Waals surface area contributed by atoms with E-state index >= 15 is 0 Å². The normalized spacial score (nSPS) is 19.3. The summed E-state index contributed by atoms with van der Waals surface area (Å²) in [5.74, 6) is 0.0762. The minimum absolute atomic E-state index is 0.129. The van der Waals surface area contributed by atoms with E-state index < -0.39 is 5.97 Å². The molecule has 2 aromatic carbocycles. The lowest BCUT2D eigenvalue weighted by molar-refractivity contribution is 0.0697. The Morgan fingerprint density at radius 2 is 1.79 bits per heavy atom. The number of thiocarbonyl (C=S) groups is 1. The molecular weight excluding hydrogens is 536 g/mol. The van der Waals surface area contributed by atoms with Gasteiger partial charge in [-0.05, 0) is 78.9 Å². The van der Waals surface area contributed by atoms with Gasteiger partial charge in [-0.1, -0.05) is 17.7 Å². The zero-order valence-electron chi connectivity index (χ0n) is 20.8. The van der Waals surface area contributed by atoms with Crippen molar-refractivity contribution >= 4 is 46.3 Å². The number of carboxylic acids is 1. The summed E-state index contributed by atoms with van der Waals surface area (Å²) in [4.78, 5) is 20.5. The second-order valence-electron chi connectivity index (χ2n) is 9.31. The van der Waals surface area contributed by atoms with Gasteiger partial charge in [-0.2, -0.15) is 0 Å². The number of pyridine rings is 1. The molecule has 2 N–H and O–H groups in total. The smallest absolute Gasteiger partial charge is 0.335 e. The van der Waals surface area contributed by atoms with Gasteiger partial charge in [-0.25, -0.2) is 4.79 Å². The molecule has 6 rings (SSSR count). The fourth-order valence-corrected chi connectivity index (χ4v) is 5.63. The molecule has 2 aliphatic heterocycles. The van der Waals surface area contributed by atoms with Crippen LogP contribution in [0.2, 0.25) is 5.02 Å². The molecule has 4 heterocycles. The summed E-state index contributed by atoms with van der Waals surface area (Å²) in [6.07, 6.45) is 1.75. The highest BCUT2D eigenvalue weighted by molar-refractivity contribution is 7.80. The number of furan rings is 1. The number of aromatic carboxylic acids is 1. The van der Waals surface area contributed by atoms with E-state index in [4.69, 9.17) is 33.0 Å². The zero-order valence-corrected chi connectivity index (χ0v) is 22.4. The number of aromatic nitrogens is 1. The molecule has 0 unspecified atom stereocenters. The molecule has 0 aliphatic carbocycles. The largest absolute Gasteiger partial charge is 0.478 e. The number of nitrogens with one attached hydrogen (secondary N) is 1. The molecule has 2 aromatic heterocycles. The van der Waals surface area contributed by atoms with Crippen LogP contribution in [0.1, 0.15) is 33.9 Å². The third kappa shape index (κ3) is 4.96. The number of nitrogens with zero attached hydrogens (tertiary/aromatic N) is 3. The number of rotatable bonds is 6. The van der Waals surface area contributed by atoms with Gasteiger partial charge >= 0.3 is 5.97 Å². The number of hydrogen-bond acceptors (Lipinski definition) is 6. The van der Waals surface area contributed by atoms with Gasteiger partial charge in [-0.15, -0.1) is 0 Å². The summed E-state index contributed by atoms with van der Waals surface area (Å²) < 4.78 is 11.9. The van der Waals surface area contributed by atoms with Crippen molar-refractivity contribution in [2.24, 2.45) is 0 Å². The standard InChI is InChI=1S/C29H25ClN4O4S/c30-22-9-4-18(28(35)36)17-21(22)24-10-11-25(38-24)27-26(23-3-1-2-12-31-23)32-29(39)34(27)20-7-5-19(6-8-20)33-13-15-37-16-14-33/h1-12,17,26-27H,13-16H2,(H,32,39)(H,35,36)/t26-,27-/m0/s1. The van der Waals surface area contributed by atoms with E-state index in [2.05, 4.69) is 39.5 Å². The molecule has 2 fully saturated rings. The fourth-order valence-electron chi connectivity index (χ4n) is 5.07. The van der Waals surface area contributed by atoms with Gasteiger partial charge in [0.2, 0.25) is 0 Å². The van der Waals surface area contributed by atoms with Crippen molar-refractivity contribution in [1.82, 2.24) is 10.3 Å². The van der Waals surface area contributed by atoms with Crippen LogP contribution in [-0.2, 0) is 4.74 Å². The number of halogens is 1. The summed E-state index contributed by atoms with van der Waals surface area (Å²) >= 11 is 12.3. The highest BCUT2D eigenvalue weighted by atomic mass is 35.5. The molecule has 0 radical (unpaired) electrons. The van der Waals surface area contributed by atoms with Crippen molar-refractivity contribution in [3.8, 4) is 11.3 Å². The van der Waals surface area contributed by atoms with Crippen molar-refractivity contribution in [3.63, 3.8) is 0 Å². The molecule has 198 valence electrons. The Kier molecular flexibility index (Phi) is 6.95. The number of ether oxygens (including phenoxy) is 1. The number of anilines is 2. The lowest BCUT2D eigenvalue weighted by Crippen LogP contribution is -2.36. The summed E-state index contributed by atoms with van der Waals surface area (Å²) in [7, 11) is 0. The topological polar surface area (TPSA) is 91.1 Å². The number of morpholine rings is 1. The van der Waals surface area contributed by atoms with Gasteiger partial charge in [0.1, 0.15) is 17.6 Å². The summed E-state index contributed by atoms with van der Waals surface area (Å²) in [5, 5.41) is 13.8. The average molecular weight is 561 g/mol. The van der Waals surface area contributed by atoms with Crippen molar-refractivity contribution in [2.75, 3.05) is 36.1 Å². The molecule has 2 atom stereocenters. The van der Waals surface area contributed by atoms with E-state index in [-0.39, 0.29) is 17.6 Å². The first-order valence-corrected chi connectivity index (χ1v) is 13.3. The van der Waals surface area contributed by atoms with Crippen LogP contribution in [-0.4, -0.2) is 47.5 Å². The minimum atomic E-state index is -1.04. The molecule has 39 heavy (non-hydrogen) atoms. The monoisotopic (exact) mass is 560 g/mol. The maximum atomic E-state index is 11.6. The highest BCUT2D eigenvalue weighted by Crippen LogP contribution is 2.43. The van der Waals surface area contributed by atoms with Gasteiger partial charge in [0.25, 0.3) is 0 Å². The predicted molar refractivity (Wildman–Crippen MR) is 154 cm³/mol. The minimum Gasteiger partial charge on any atom is -0.478 e. The van der Waals surface area contributed by atoms with Gasteiger partial charge < -0.3 is 29.4 Å². The van der Waals surface area contributed by atoms with Gasteiger partial charge in [0.15, 0.2) is 5.11 Å². The molecule has 4 aromatic rings. The van der Waals surface area contributed by atoms with Crippen LogP contribution in [0.25, 0.3) is 11.3 Å². The maximum Gasteiger partial charge on any atom is 0.335 e. The summed E-state index contributed by atoms with van der Waals surface area (Å²) in [6, 6.07) is 21.7. The van der Waals surface area contributed by atoms with E-state index in [1.165, 1.54) is 12.1 Å². The maximum absolute atomic E-state index is 11.6. The van der Waals surface area contributed by atoms with Crippen LogP contribution in [0.3, 0.4) is 0 Å². The van der Waals surface area contributed by atoms with Crippen LogP contribution in [0, 0.1) is 0 Å². The Morgan fingerprint density at radius 1 is 1.03 bits per heavy atom. The van der Waals surface area contributed by atoms with Crippen molar-refractivity contribution in [3.05, 3.63) is 101 Å². The summed E-state index contributed by atoms with van der Waals surface area (Å²) in [5.41, 5.74) is 3.50. The first-order chi connectivity index (χ1) is 19.0. The van der Waals surface area contributed by atoms with E-state index in [9.17, 15) is 9.90 Å². The molecule has 2 aliphatic rings. The molecule has 0 amide bonds. The van der Waals surface area contributed by atoms with E-state index in [1.54, 1.807) is 18.3 Å². The van der Waals surface area contributed by atoms with E-state index in [1.807, 2.05) is 29.2 Å². The summed E-state index contributed by atoms with van der Waals surface area (Å²) in [6.45, 7) is 3.15. The second-order valence-corrected chi connectivity index (χ2v) is 10.1. The quantitative estimate of drug-likeness (QED) is 0.288. The van der Waals surface area contributed by atoms with E-state index in [0.717, 1.165) is 43.4 Å². The number of carboxylic acid groups (broad SMARTS) is 1. The fraction of sp³-hybridized carbons (Fsp3) is 0.207. The van der Waals surface area contributed by atoms with Gasteiger partial charge in [-0.3, -0.25) is 4.98 Å². The molecular formula is C29H25ClN4O4S. The number of benzene rings is 2. The Balaban J connectivity index is 1.39. The van der Waals surface area contributed by atoms with Crippen molar-refractivity contribution in [2.45, 2.75) is 12.1 Å². The third-order valence-electron chi connectivity index (χ3n) is 7.00. The highest BCUT2D eigenvalue weighted by Gasteiger charge is 2.42. The average Bonchev–Trinajstić information content (AvgIpc) is 3.59. The first kappa shape index (κ1) is 25.4. The van der Waals surface area contributed by atoms with Crippen LogP contribution in [0.4, 0.5) is 11.4 Å². The second kappa shape index (κ2) is 10.7. The SMILES string of the molecule is O=C(O)c1ccc(Cl)c(-c2ccc([C@H]3[C@H](c4ccccn4)NC(=S)N3c3ccc(N4CCOCC4)cc3)o2)c1. The molecule has 0 bridgehead atoms. The van der Waals surface area contributed by atoms with Crippen molar-refractivity contribution < 1.29 is 19.1 Å². The van der Waals surface area contributed by atoms with Gasteiger partial charge in [0.05, 0.1) is 35.5 Å². The van der Waals surface area contributed by atoms with Crippen LogP contribution in [0.15, 0.2) is 83.4 Å². The van der Waals surface area contributed by atoms with Crippen LogP contribution in [0.5, 0.6) is 0 Å². The molecule has 0 spiro atoms. The molecule has 10 heteroatoms. The third-order valence-corrected chi connectivity index (χ3v) is 7.64. The number of carbonyl (C=O) groups is 1. The number of hydrogen-bond donors (Lipinski definition) is 2. The Hall–Kier alpha value is -3.92. The van der Waals surface area contributed by atoms with Gasteiger partial charge in [0, 0.05) is 36.2 Å². The van der Waals surface area contributed by atoms with Crippen LogP contribution >= 0.6 is 23.8 Å². The molecule has 8 nitrogen and oxygen atoms in total. The van der Waals surface area contributed by atoms with Crippen molar-refractivity contribution in [1.29, 1.82) is 0 Å². The van der Waals surface area contributed by atoms with Crippen LogP contribution < -0.4 is 15.1 Å². The first-order valence-electron chi connectivity index (χ1n) is 12.6. The lowest BCUT2D eigenvalue weighted by atomic mass is 10.0. The Bertz CT molecular complexity index is 1510. The molecule has 0 saturated carbocycles.